The molecule has 2 aromatic carbocycles. The number of benzene rings is 2. The Morgan fingerprint density at radius 3 is 2.77 bits per heavy atom. The third-order valence-electron chi connectivity index (χ3n) is 8.16. The summed E-state index contributed by atoms with van der Waals surface area (Å²) in [5.41, 5.74) is 8.51. The minimum Gasteiger partial charge on any atom is -0.489 e. The standard InChI is InChI=1S/C30H33ClN6O6/c31-24-12-18(11-19-14-33-30(34-27(19)24)36-7-9-42-10-8-36)15-35-6-5-22(17-35)43-21-1-2-23-20(13-21)16-37(29(23)41)25(28(32)40)3-4-26(38)39/h1-2,11-14,22,25H,3-10,15-17H2,(H2,32,40)(H,38,39). The van der Waals surface area contributed by atoms with Crippen molar-refractivity contribution in [3.8, 4) is 5.75 Å². The maximum Gasteiger partial charge on any atom is 0.303 e. The van der Waals surface area contributed by atoms with Crippen molar-refractivity contribution in [3.63, 3.8) is 0 Å². The Bertz CT molecular complexity index is 1560. The van der Waals surface area contributed by atoms with Crippen LogP contribution in [0.5, 0.6) is 5.75 Å². The van der Waals surface area contributed by atoms with Crippen LogP contribution in [0.25, 0.3) is 10.9 Å². The second kappa shape index (κ2) is 12.3. The van der Waals surface area contributed by atoms with Crippen LogP contribution in [-0.4, -0.2) is 94.2 Å². The molecule has 13 heteroatoms. The lowest BCUT2D eigenvalue weighted by Gasteiger charge is -2.26. The van der Waals surface area contributed by atoms with Gasteiger partial charge in [0.05, 0.1) is 23.8 Å². The first-order chi connectivity index (χ1) is 20.7. The summed E-state index contributed by atoms with van der Waals surface area (Å²) in [6, 6.07) is 8.34. The molecule has 0 bridgehead atoms. The molecule has 3 N–H and O–H groups in total. The van der Waals surface area contributed by atoms with Gasteiger partial charge in [-0.05, 0) is 54.3 Å². The fourth-order valence-corrected chi connectivity index (χ4v) is 6.29. The number of ether oxygens (including phenoxy) is 2. The first-order valence-corrected chi connectivity index (χ1v) is 14.7. The van der Waals surface area contributed by atoms with Gasteiger partial charge in [-0.1, -0.05) is 11.6 Å². The van der Waals surface area contributed by atoms with E-state index in [0.717, 1.165) is 54.6 Å². The van der Waals surface area contributed by atoms with Gasteiger partial charge in [0.1, 0.15) is 17.9 Å². The highest BCUT2D eigenvalue weighted by Crippen LogP contribution is 2.31. The third kappa shape index (κ3) is 6.36. The molecule has 3 aromatic rings. The van der Waals surface area contributed by atoms with E-state index in [2.05, 4.69) is 20.9 Å². The summed E-state index contributed by atoms with van der Waals surface area (Å²) in [4.78, 5) is 51.0. The number of hydrogen-bond acceptors (Lipinski definition) is 9. The van der Waals surface area contributed by atoms with Crippen LogP contribution in [0, 0.1) is 0 Å². The first kappa shape index (κ1) is 29.1. The zero-order chi connectivity index (χ0) is 30.1. The van der Waals surface area contributed by atoms with Crippen molar-refractivity contribution in [3.05, 3.63) is 58.2 Å². The molecule has 0 radical (unpaired) electrons. The summed E-state index contributed by atoms with van der Waals surface area (Å²) in [6.45, 7) is 5.30. The van der Waals surface area contributed by atoms with Gasteiger partial charge in [0, 0.05) is 62.8 Å². The monoisotopic (exact) mass is 608 g/mol. The number of halogens is 1. The second-order valence-corrected chi connectivity index (χ2v) is 11.6. The molecule has 3 aliphatic rings. The van der Waals surface area contributed by atoms with E-state index in [9.17, 15) is 14.4 Å². The van der Waals surface area contributed by atoms with Gasteiger partial charge in [0.15, 0.2) is 0 Å². The van der Waals surface area contributed by atoms with E-state index in [0.29, 0.717) is 42.0 Å². The number of fused-ring (bicyclic) bond motifs is 2. The van der Waals surface area contributed by atoms with Gasteiger partial charge in [-0.2, -0.15) is 0 Å². The number of carbonyl (C=O) groups is 3. The summed E-state index contributed by atoms with van der Waals surface area (Å²) in [5.74, 6) is -0.794. The number of anilines is 1. The highest BCUT2D eigenvalue weighted by molar-refractivity contribution is 6.35. The largest absolute Gasteiger partial charge is 0.489 e. The highest BCUT2D eigenvalue weighted by atomic mass is 35.5. The van der Waals surface area contributed by atoms with Gasteiger partial charge in [0.25, 0.3) is 5.91 Å². The number of aliphatic carboxylic acids is 1. The molecule has 226 valence electrons. The van der Waals surface area contributed by atoms with Gasteiger partial charge < -0.3 is 30.1 Å². The van der Waals surface area contributed by atoms with Crippen molar-refractivity contribution >= 4 is 46.2 Å². The van der Waals surface area contributed by atoms with Crippen LogP contribution in [-0.2, 0) is 27.4 Å². The molecule has 43 heavy (non-hydrogen) atoms. The quantitative estimate of drug-likeness (QED) is 0.351. The first-order valence-electron chi connectivity index (χ1n) is 14.4. The molecule has 6 rings (SSSR count). The number of nitrogens with zero attached hydrogens (tertiary/aromatic N) is 5. The molecule has 2 atom stereocenters. The van der Waals surface area contributed by atoms with Gasteiger partial charge >= 0.3 is 5.97 Å². The van der Waals surface area contributed by atoms with E-state index < -0.39 is 17.9 Å². The summed E-state index contributed by atoms with van der Waals surface area (Å²) in [7, 11) is 0. The number of aromatic nitrogens is 2. The number of carboxylic acids is 1. The number of nitrogens with two attached hydrogens (primary N) is 1. The smallest absolute Gasteiger partial charge is 0.303 e. The minimum absolute atomic E-state index is 0.0312. The van der Waals surface area contributed by atoms with E-state index in [4.69, 9.17) is 36.9 Å². The van der Waals surface area contributed by atoms with Crippen molar-refractivity contribution in [1.82, 2.24) is 19.8 Å². The van der Waals surface area contributed by atoms with Crippen LogP contribution < -0.4 is 15.4 Å². The average Bonchev–Trinajstić information content (AvgIpc) is 3.56. The zero-order valence-electron chi connectivity index (χ0n) is 23.6. The molecule has 1 aromatic heterocycles. The van der Waals surface area contributed by atoms with Gasteiger partial charge in [-0.15, -0.1) is 0 Å². The Balaban J connectivity index is 1.07. The molecule has 0 spiro atoms. The van der Waals surface area contributed by atoms with Crippen LogP contribution in [0.3, 0.4) is 0 Å². The summed E-state index contributed by atoms with van der Waals surface area (Å²) in [6.07, 6.45) is 2.35. The van der Waals surface area contributed by atoms with Crippen LogP contribution >= 0.6 is 11.6 Å². The van der Waals surface area contributed by atoms with Crippen LogP contribution in [0.1, 0.15) is 40.7 Å². The van der Waals surface area contributed by atoms with Crippen molar-refractivity contribution in [2.45, 2.75) is 44.5 Å². The van der Waals surface area contributed by atoms with Crippen molar-refractivity contribution in [2.24, 2.45) is 5.73 Å². The minimum atomic E-state index is -1.05. The second-order valence-electron chi connectivity index (χ2n) is 11.2. The fourth-order valence-electron chi connectivity index (χ4n) is 6.00. The fraction of sp³-hybridized carbons (Fsp3) is 0.433. The van der Waals surface area contributed by atoms with Crippen molar-refractivity contribution in [2.75, 3.05) is 44.3 Å². The Labute approximate surface area is 253 Å². The number of primary amides is 1. The number of rotatable bonds is 10. The Kier molecular flexibility index (Phi) is 8.33. The van der Waals surface area contributed by atoms with Crippen LogP contribution in [0.15, 0.2) is 36.5 Å². The molecule has 4 heterocycles. The Morgan fingerprint density at radius 2 is 2.00 bits per heavy atom. The van der Waals surface area contributed by atoms with E-state index in [1.54, 1.807) is 12.1 Å². The lowest BCUT2D eigenvalue weighted by Crippen LogP contribution is -2.45. The molecule has 12 nitrogen and oxygen atoms in total. The normalized spacial score (nSPS) is 19.6. The predicted molar refractivity (Wildman–Crippen MR) is 158 cm³/mol. The molecular formula is C30H33ClN6O6. The van der Waals surface area contributed by atoms with Crippen molar-refractivity contribution < 1.29 is 29.0 Å². The average molecular weight is 609 g/mol. The summed E-state index contributed by atoms with van der Waals surface area (Å²) < 4.78 is 11.7. The number of likely N-dealkylation sites (tertiary alicyclic amines) is 1. The molecule has 2 unspecified atom stereocenters. The number of carboxylic acid groups (broad SMARTS) is 1. The molecule has 3 aliphatic heterocycles. The predicted octanol–water partition coefficient (Wildman–Crippen LogP) is 2.45. The van der Waals surface area contributed by atoms with Crippen LogP contribution in [0.2, 0.25) is 5.02 Å². The molecular weight excluding hydrogens is 576 g/mol. The Hall–Kier alpha value is -4.00. The summed E-state index contributed by atoms with van der Waals surface area (Å²) >= 11 is 6.67. The SMILES string of the molecule is NC(=O)C(CCC(=O)O)N1Cc2cc(OC3CCN(Cc4cc(Cl)c5nc(N6CCOCC6)ncc5c4)C3)ccc2C1=O. The number of amides is 2. The molecule has 0 saturated carbocycles. The number of morpholine rings is 1. The lowest BCUT2D eigenvalue weighted by molar-refractivity contribution is -0.137. The number of hydrogen-bond donors (Lipinski definition) is 2. The number of carbonyl (C=O) groups excluding carboxylic acids is 2. The van der Waals surface area contributed by atoms with Gasteiger partial charge in [-0.3, -0.25) is 19.3 Å². The summed E-state index contributed by atoms with van der Waals surface area (Å²) in [5, 5.41) is 10.5. The van der Waals surface area contributed by atoms with Crippen molar-refractivity contribution in [1.29, 1.82) is 0 Å². The topological polar surface area (TPSA) is 151 Å². The highest BCUT2D eigenvalue weighted by Gasteiger charge is 2.36. The molecule has 2 saturated heterocycles. The zero-order valence-corrected chi connectivity index (χ0v) is 24.3. The molecule has 2 fully saturated rings. The Morgan fingerprint density at radius 1 is 1.19 bits per heavy atom. The van der Waals surface area contributed by atoms with Crippen LogP contribution in [0.4, 0.5) is 5.95 Å². The van der Waals surface area contributed by atoms with E-state index >= 15 is 0 Å². The molecule has 0 aliphatic carbocycles. The van der Waals surface area contributed by atoms with Gasteiger partial charge in [-0.25, -0.2) is 9.97 Å². The maximum atomic E-state index is 13.0. The third-order valence-corrected chi connectivity index (χ3v) is 8.45. The van der Waals surface area contributed by atoms with E-state index in [-0.39, 0.29) is 31.4 Å². The van der Waals surface area contributed by atoms with Gasteiger partial charge in [0.2, 0.25) is 11.9 Å². The lowest BCUT2D eigenvalue weighted by atomic mass is 10.1. The van der Waals surface area contributed by atoms with E-state index in [1.165, 1.54) is 4.90 Å². The molecule has 2 amide bonds. The van der Waals surface area contributed by atoms with E-state index in [1.807, 2.05) is 18.3 Å². The maximum absolute atomic E-state index is 13.0.